The molecule has 0 spiro atoms. The van der Waals surface area contributed by atoms with E-state index < -0.39 is 12.6 Å². The molecule has 0 saturated heterocycles. The van der Waals surface area contributed by atoms with Crippen LogP contribution >= 0.6 is 23.2 Å². The van der Waals surface area contributed by atoms with Gasteiger partial charge in [0.1, 0.15) is 0 Å². The maximum atomic E-state index is 12.8. The van der Waals surface area contributed by atoms with Crippen molar-refractivity contribution in [2.75, 3.05) is 6.61 Å². The number of halogens is 2. The topological polar surface area (TPSA) is 69.2 Å². The second-order valence-electron chi connectivity index (χ2n) is 6.44. The Labute approximate surface area is 182 Å². The summed E-state index contributed by atoms with van der Waals surface area (Å²) < 4.78 is 5.31. The van der Waals surface area contributed by atoms with Crippen molar-refractivity contribution in [2.45, 2.75) is 0 Å². The minimum atomic E-state index is -0.618. The molecule has 0 radical (unpaired) electrons. The number of rotatable bonds is 5. The number of hydrogen-bond donors (Lipinski definition) is 0. The predicted octanol–water partition coefficient (Wildman–Crippen LogP) is 5.64. The van der Waals surface area contributed by atoms with Crippen molar-refractivity contribution in [1.82, 2.24) is 9.97 Å². The van der Waals surface area contributed by atoms with Gasteiger partial charge in [0.25, 0.3) is 0 Å². The summed E-state index contributed by atoms with van der Waals surface area (Å²) in [5.41, 5.74) is 2.63. The minimum absolute atomic E-state index is 0.259. The van der Waals surface area contributed by atoms with Gasteiger partial charge in [-0.25, -0.2) is 9.78 Å². The van der Waals surface area contributed by atoms with Crippen LogP contribution in [0.25, 0.3) is 22.2 Å². The first-order valence-electron chi connectivity index (χ1n) is 8.98. The summed E-state index contributed by atoms with van der Waals surface area (Å²) in [7, 11) is 0. The van der Waals surface area contributed by atoms with Crippen LogP contribution in [-0.2, 0) is 4.74 Å². The van der Waals surface area contributed by atoms with Crippen LogP contribution in [0, 0.1) is 0 Å². The van der Waals surface area contributed by atoms with Crippen molar-refractivity contribution in [3.63, 3.8) is 0 Å². The molecule has 0 unspecified atom stereocenters. The number of esters is 1. The first-order valence-corrected chi connectivity index (χ1v) is 9.74. The number of nitrogens with zero attached hydrogens (tertiary/aromatic N) is 2. The fourth-order valence-corrected chi connectivity index (χ4v) is 3.27. The largest absolute Gasteiger partial charge is 0.454 e. The zero-order valence-corrected chi connectivity index (χ0v) is 17.0. The Morgan fingerprint density at radius 1 is 0.933 bits per heavy atom. The summed E-state index contributed by atoms with van der Waals surface area (Å²) in [6.45, 7) is -0.421. The number of fused-ring (bicyclic) bond motifs is 1. The van der Waals surface area contributed by atoms with Gasteiger partial charge < -0.3 is 4.74 Å². The molecule has 0 aliphatic carbocycles. The van der Waals surface area contributed by atoms with E-state index in [2.05, 4.69) is 9.97 Å². The summed E-state index contributed by atoms with van der Waals surface area (Å²) >= 11 is 11.8. The van der Waals surface area contributed by atoms with E-state index in [4.69, 9.17) is 27.9 Å². The number of ketones is 1. The van der Waals surface area contributed by atoms with Gasteiger partial charge in [0.2, 0.25) is 0 Å². The number of ether oxygens (including phenoxy) is 1. The quantitative estimate of drug-likeness (QED) is 0.298. The van der Waals surface area contributed by atoms with Gasteiger partial charge in [0.15, 0.2) is 12.4 Å². The molecule has 4 aromatic rings. The van der Waals surface area contributed by atoms with Gasteiger partial charge >= 0.3 is 5.97 Å². The number of benzene rings is 2. The molecule has 2 aromatic heterocycles. The Morgan fingerprint density at radius 2 is 1.77 bits per heavy atom. The smallest absolute Gasteiger partial charge is 0.339 e. The third-order valence-electron chi connectivity index (χ3n) is 4.47. The predicted molar refractivity (Wildman–Crippen MR) is 116 cm³/mol. The lowest BCUT2D eigenvalue weighted by Gasteiger charge is -2.10. The molecule has 0 N–H and O–H groups in total. The summed E-state index contributed by atoms with van der Waals surface area (Å²) in [5, 5.41) is 1.24. The summed E-state index contributed by atoms with van der Waals surface area (Å²) in [4.78, 5) is 33.9. The van der Waals surface area contributed by atoms with Crippen LogP contribution in [0.5, 0.6) is 0 Å². The molecule has 148 valence electrons. The van der Waals surface area contributed by atoms with Crippen molar-refractivity contribution in [1.29, 1.82) is 0 Å². The zero-order chi connectivity index (χ0) is 21.1. The fourth-order valence-electron chi connectivity index (χ4n) is 2.97. The summed E-state index contributed by atoms with van der Waals surface area (Å²) in [6, 6.07) is 17.0. The number of carbonyl (C=O) groups is 2. The monoisotopic (exact) mass is 436 g/mol. The van der Waals surface area contributed by atoms with E-state index in [1.807, 2.05) is 24.3 Å². The molecule has 5 nitrogen and oxygen atoms in total. The lowest BCUT2D eigenvalue weighted by Crippen LogP contribution is -2.15. The number of para-hydroxylation sites is 1. The van der Waals surface area contributed by atoms with Crippen LogP contribution in [-0.4, -0.2) is 28.3 Å². The lowest BCUT2D eigenvalue weighted by atomic mass is 10.1. The fraction of sp³-hybridized carbons (Fsp3) is 0.0435. The molecule has 0 amide bonds. The lowest BCUT2D eigenvalue weighted by molar-refractivity contribution is 0.0476. The van der Waals surface area contributed by atoms with Crippen LogP contribution < -0.4 is 0 Å². The van der Waals surface area contributed by atoms with Crippen molar-refractivity contribution in [3.8, 4) is 11.3 Å². The van der Waals surface area contributed by atoms with Gasteiger partial charge in [0, 0.05) is 28.9 Å². The van der Waals surface area contributed by atoms with Gasteiger partial charge in [-0.05, 0) is 42.5 Å². The normalized spacial score (nSPS) is 10.7. The van der Waals surface area contributed by atoms with E-state index in [0.717, 1.165) is 5.56 Å². The van der Waals surface area contributed by atoms with Crippen LogP contribution in [0.3, 0.4) is 0 Å². The SMILES string of the molecule is O=C(COC(=O)c1cc(-c2cccnc2)nc2ccccc12)c1ccc(Cl)c(Cl)c1. The first-order chi connectivity index (χ1) is 14.5. The molecule has 4 rings (SSSR count). The van der Waals surface area contributed by atoms with E-state index in [-0.39, 0.29) is 10.8 Å². The molecule has 30 heavy (non-hydrogen) atoms. The third-order valence-corrected chi connectivity index (χ3v) is 5.21. The van der Waals surface area contributed by atoms with Gasteiger partial charge in [0.05, 0.1) is 26.8 Å². The number of hydrogen-bond acceptors (Lipinski definition) is 5. The van der Waals surface area contributed by atoms with E-state index in [0.29, 0.717) is 32.7 Å². The highest BCUT2D eigenvalue weighted by Crippen LogP contribution is 2.26. The molecule has 2 heterocycles. The molecule has 0 aliphatic rings. The molecular formula is C23H14Cl2N2O3. The molecule has 0 fully saturated rings. The Hall–Kier alpha value is -3.28. The number of pyridine rings is 2. The van der Waals surface area contributed by atoms with E-state index in [1.165, 1.54) is 18.2 Å². The third kappa shape index (κ3) is 4.17. The standard InChI is InChI=1S/C23H14Cl2N2O3/c24-18-8-7-14(10-19(18)25)22(28)13-30-23(29)17-11-21(15-4-3-9-26-12-15)27-20-6-2-1-5-16(17)20/h1-12H,13H2. The molecule has 7 heteroatoms. The van der Waals surface area contributed by atoms with Gasteiger partial charge in [-0.2, -0.15) is 0 Å². The van der Waals surface area contributed by atoms with Gasteiger partial charge in [-0.3, -0.25) is 9.78 Å². The molecule has 0 saturated carbocycles. The van der Waals surface area contributed by atoms with E-state index in [1.54, 1.807) is 30.6 Å². The Kier molecular flexibility index (Phi) is 5.74. The average Bonchev–Trinajstić information content (AvgIpc) is 2.78. The van der Waals surface area contributed by atoms with Gasteiger partial charge in [-0.1, -0.05) is 41.4 Å². The van der Waals surface area contributed by atoms with Crippen molar-refractivity contribution in [3.05, 3.63) is 94.2 Å². The van der Waals surface area contributed by atoms with Crippen LogP contribution in [0.1, 0.15) is 20.7 Å². The van der Waals surface area contributed by atoms with Crippen molar-refractivity contribution in [2.24, 2.45) is 0 Å². The minimum Gasteiger partial charge on any atom is -0.454 e. The highest BCUT2D eigenvalue weighted by Gasteiger charge is 2.17. The van der Waals surface area contributed by atoms with Crippen LogP contribution in [0.15, 0.2) is 73.1 Å². The highest BCUT2D eigenvalue weighted by molar-refractivity contribution is 6.42. The second kappa shape index (κ2) is 8.61. The van der Waals surface area contributed by atoms with Crippen LogP contribution in [0.2, 0.25) is 10.0 Å². The second-order valence-corrected chi connectivity index (χ2v) is 7.26. The Morgan fingerprint density at radius 3 is 2.53 bits per heavy atom. The van der Waals surface area contributed by atoms with Crippen molar-refractivity contribution < 1.29 is 14.3 Å². The molecule has 0 bridgehead atoms. The summed E-state index contributed by atoms with van der Waals surface area (Å²) in [5.74, 6) is -1.00. The van der Waals surface area contributed by atoms with Crippen LogP contribution in [0.4, 0.5) is 0 Å². The Balaban J connectivity index is 1.62. The molecule has 2 aromatic carbocycles. The maximum absolute atomic E-state index is 12.8. The summed E-state index contributed by atoms with van der Waals surface area (Å²) in [6.07, 6.45) is 3.33. The average molecular weight is 437 g/mol. The maximum Gasteiger partial charge on any atom is 0.339 e. The number of Topliss-reactive ketones (excluding diaryl/α,β-unsaturated/α-hetero) is 1. The first kappa shape index (κ1) is 20.0. The van der Waals surface area contributed by atoms with E-state index in [9.17, 15) is 9.59 Å². The number of aromatic nitrogens is 2. The zero-order valence-electron chi connectivity index (χ0n) is 15.5. The molecule has 0 aliphatic heterocycles. The van der Waals surface area contributed by atoms with Crippen molar-refractivity contribution >= 4 is 45.9 Å². The van der Waals surface area contributed by atoms with Gasteiger partial charge in [-0.15, -0.1) is 0 Å². The Bertz CT molecular complexity index is 1260. The molecule has 0 atom stereocenters. The molecular weight excluding hydrogens is 423 g/mol. The number of carbonyl (C=O) groups excluding carboxylic acids is 2. The van der Waals surface area contributed by atoms with E-state index >= 15 is 0 Å². The highest BCUT2D eigenvalue weighted by atomic mass is 35.5.